The number of hydrogen-bond donors (Lipinski definition) is 1. The molecule has 154 valence electrons. The lowest BCUT2D eigenvalue weighted by molar-refractivity contribution is -0.134. The van der Waals surface area contributed by atoms with Crippen molar-refractivity contribution < 1.29 is 9.59 Å². The summed E-state index contributed by atoms with van der Waals surface area (Å²) in [6.45, 7) is 7.02. The van der Waals surface area contributed by atoms with E-state index in [2.05, 4.69) is 10.2 Å². The van der Waals surface area contributed by atoms with Gasteiger partial charge in [0.15, 0.2) is 0 Å². The molecule has 5 nitrogen and oxygen atoms in total. The first-order valence-corrected chi connectivity index (χ1v) is 10.5. The molecule has 3 aromatic carbocycles. The second-order valence-electron chi connectivity index (χ2n) is 8.03. The van der Waals surface area contributed by atoms with Gasteiger partial charge in [0.25, 0.3) is 5.91 Å². The molecule has 0 aliphatic carbocycles. The van der Waals surface area contributed by atoms with Crippen LogP contribution in [0, 0.1) is 5.92 Å². The zero-order valence-corrected chi connectivity index (χ0v) is 17.5. The maximum absolute atomic E-state index is 12.6. The Bertz CT molecular complexity index is 1050. The van der Waals surface area contributed by atoms with Gasteiger partial charge in [-0.05, 0) is 47.2 Å². The third kappa shape index (κ3) is 4.30. The highest BCUT2D eigenvalue weighted by atomic mass is 16.2. The van der Waals surface area contributed by atoms with Gasteiger partial charge >= 0.3 is 0 Å². The van der Waals surface area contributed by atoms with E-state index in [1.165, 1.54) is 0 Å². The van der Waals surface area contributed by atoms with Crippen LogP contribution in [-0.4, -0.2) is 42.9 Å². The third-order valence-corrected chi connectivity index (χ3v) is 5.59. The molecule has 1 saturated heterocycles. The van der Waals surface area contributed by atoms with Crippen LogP contribution in [0.3, 0.4) is 0 Å². The van der Waals surface area contributed by atoms with Gasteiger partial charge in [-0.2, -0.15) is 0 Å². The summed E-state index contributed by atoms with van der Waals surface area (Å²) in [6, 6.07) is 21.7. The predicted octanol–water partition coefficient (Wildman–Crippen LogP) is 4.40. The van der Waals surface area contributed by atoms with Gasteiger partial charge in [-0.1, -0.05) is 44.2 Å². The average Bonchev–Trinajstić information content (AvgIpc) is 2.79. The third-order valence-electron chi connectivity index (χ3n) is 5.59. The van der Waals surface area contributed by atoms with E-state index in [1.54, 1.807) is 0 Å². The monoisotopic (exact) mass is 401 g/mol. The maximum Gasteiger partial charge on any atom is 0.255 e. The Hall–Kier alpha value is -3.34. The fourth-order valence-corrected chi connectivity index (χ4v) is 3.84. The summed E-state index contributed by atoms with van der Waals surface area (Å²) in [5.74, 6) is 0.151. The molecule has 0 bridgehead atoms. The molecule has 1 heterocycles. The van der Waals surface area contributed by atoms with Crippen molar-refractivity contribution in [3.8, 4) is 0 Å². The molecule has 0 unspecified atom stereocenters. The quantitative estimate of drug-likeness (QED) is 0.705. The molecular weight excluding hydrogens is 374 g/mol. The van der Waals surface area contributed by atoms with Crippen molar-refractivity contribution in [3.05, 3.63) is 72.3 Å². The molecule has 5 heteroatoms. The minimum Gasteiger partial charge on any atom is -0.368 e. The van der Waals surface area contributed by atoms with Gasteiger partial charge in [0.2, 0.25) is 5.91 Å². The molecule has 30 heavy (non-hydrogen) atoms. The smallest absolute Gasteiger partial charge is 0.255 e. The number of carbonyl (C=O) groups excluding carboxylic acids is 2. The molecule has 2 amide bonds. The van der Waals surface area contributed by atoms with Crippen molar-refractivity contribution in [2.45, 2.75) is 13.8 Å². The van der Waals surface area contributed by atoms with Crippen LogP contribution in [0.15, 0.2) is 66.7 Å². The molecular formula is C25H27N3O2. The Balaban J connectivity index is 1.37. The number of piperazine rings is 1. The van der Waals surface area contributed by atoms with E-state index in [4.69, 9.17) is 0 Å². The largest absolute Gasteiger partial charge is 0.368 e. The van der Waals surface area contributed by atoms with Gasteiger partial charge in [0.1, 0.15) is 0 Å². The van der Waals surface area contributed by atoms with Crippen LogP contribution in [-0.2, 0) is 4.79 Å². The number of fused-ring (bicyclic) bond motifs is 1. The van der Waals surface area contributed by atoms with E-state index in [1.807, 2.05) is 85.5 Å². The Morgan fingerprint density at radius 1 is 0.833 bits per heavy atom. The number of carbonyl (C=O) groups is 2. The van der Waals surface area contributed by atoms with Crippen LogP contribution in [0.1, 0.15) is 24.2 Å². The first-order chi connectivity index (χ1) is 14.5. The van der Waals surface area contributed by atoms with E-state index in [9.17, 15) is 9.59 Å². The van der Waals surface area contributed by atoms with Gasteiger partial charge in [-0.15, -0.1) is 0 Å². The molecule has 4 rings (SSSR count). The number of anilines is 2. The summed E-state index contributed by atoms with van der Waals surface area (Å²) in [7, 11) is 0. The molecule has 1 fully saturated rings. The SMILES string of the molecule is CC(C)C(=O)N1CCN(c2ccc(NC(=O)c3ccc4ccccc4c3)cc2)CC1. The number of rotatable bonds is 4. The van der Waals surface area contributed by atoms with E-state index < -0.39 is 0 Å². The highest BCUT2D eigenvalue weighted by Gasteiger charge is 2.22. The van der Waals surface area contributed by atoms with Crippen LogP contribution in [0.5, 0.6) is 0 Å². The zero-order valence-electron chi connectivity index (χ0n) is 17.5. The Morgan fingerprint density at radius 2 is 1.50 bits per heavy atom. The van der Waals surface area contributed by atoms with Crippen LogP contribution in [0.25, 0.3) is 10.8 Å². The van der Waals surface area contributed by atoms with Crippen molar-refractivity contribution in [2.24, 2.45) is 5.92 Å². The second kappa shape index (κ2) is 8.57. The summed E-state index contributed by atoms with van der Waals surface area (Å²) in [5, 5.41) is 5.15. The Labute approximate surface area is 177 Å². The standard InChI is InChI=1S/C25H27N3O2/c1-18(2)25(30)28-15-13-27(14-16-28)23-11-9-22(10-12-23)26-24(29)21-8-7-19-5-3-4-6-20(19)17-21/h3-12,17-18H,13-16H2,1-2H3,(H,26,29). The van der Waals surface area contributed by atoms with Crippen molar-refractivity contribution >= 4 is 34.0 Å². The normalized spacial score (nSPS) is 14.2. The lowest BCUT2D eigenvalue weighted by atomic mass is 10.1. The van der Waals surface area contributed by atoms with Gasteiger partial charge in [0.05, 0.1) is 0 Å². The van der Waals surface area contributed by atoms with Gasteiger partial charge < -0.3 is 15.1 Å². The Kier molecular flexibility index (Phi) is 5.70. The number of nitrogens with one attached hydrogen (secondary N) is 1. The maximum atomic E-state index is 12.6. The topological polar surface area (TPSA) is 52.7 Å². The highest BCUT2D eigenvalue weighted by molar-refractivity contribution is 6.06. The predicted molar refractivity (Wildman–Crippen MR) is 122 cm³/mol. The average molecular weight is 402 g/mol. The van der Waals surface area contributed by atoms with Crippen molar-refractivity contribution in [3.63, 3.8) is 0 Å². The molecule has 1 N–H and O–H groups in total. The summed E-state index contributed by atoms with van der Waals surface area (Å²) < 4.78 is 0. The summed E-state index contributed by atoms with van der Waals surface area (Å²) in [5.41, 5.74) is 2.52. The molecule has 0 spiro atoms. The van der Waals surface area contributed by atoms with Gasteiger partial charge in [0, 0.05) is 49.0 Å². The highest BCUT2D eigenvalue weighted by Crippen LogP contribution is 2.21. The van der Waals surface area contributed by atoms with E-state index >= 15 is 0 Å². The van der Waals surface area contributed by atoms with Gasteiger partial charge in [-0.25, -0.2) is 0 Å². The first-order valence-electron chi connectivity index (χ1n) is 10.5. The first kappa shape index (κ1) is 20.0. The van der Waals surface area contributed by atoms with Gasteiger partial charge in [-0.3, -0.25) is 9.59 Å². The number of hydrogen-bond acceptors (Lipinski definition) is 3. The molecule has 0 atom stereocenters. The van der Waals surface area contributed by atoms with Crippen LogP contribution >= 0.6 is 0 Å². The van der Waals surface area contributed by atoms with E-state index in [0.717, 1.165) is 48.3 Å². The number of nitrogens with zero attached hydrogens (tertiary/aromatic N) is 2. The number of benzene rings is 3. The van der Waals surface area contributed by atoms with Crippen molar-refractivity contribution in [1.82, 2.24) is 4.90 Å². The molecule has 0 radical (unpaired) electrons. The van der Waals surface area contributed by atoms with Crippen LogP contribution in [0.2, 0.25) is 0 Å². The molecule has 1 aliphatic rings. The lowest BCUT2D eigenvalue weighted by Crippen LogP contribution is -2.49. The van der Waals surface area contributed by atoms with Crippen LogP contribution in [0.4, 0.5) is 11.4 Å². The molecule has 0 aromatic heterocycles. The van der Waals surface area contributed by atoms with Crippen LogP contribution < -0.4 is 10.2 Å². The van der Waals surface area contributed by atoms with Crippen molar-refractivity contribution in [2.75, 3.05) is 36.4 Å². The molecule has 0 saturated carbocycles. The summed E-state index contributed by atoms with van der Waals surface area (Å²) in [4.78, 5) is 29.0. The lowest BCUT2D eigenvalue weighted by Gasteiger charge is -2.37. The second-order valence-corrected chi connectivity index (χ2v) is 8.03. The zero-order chi connectivity index (χ0) is 21.1. The van der Waals surface area contributed by atoms with E-state index in [-0.39, 0.29) is 17.7 Å². The molecule has 3 aromatic rings. The minimum atomic E-state index is -0.116. The van der Waals surface area contributed by atoms with Crippen molar-refractivity contribution in [1.29, 1.82) is 0 Å². The Morgan fingerprint density at radius 3 is 2.17 bits per heavy atom. The molecule has 1 aliphatic heterocycles. The summed E-state index contributed by atoms with van der Waals surface area (Å²) in [6.07, 6.45) is 0. The van der Waals surface area contributed by atoms with E-state index in [0.29, 0.717) is 5.56 Å². The summed E-state index contributed by atoms with van der Waals surface area (Å²) >= 11 is 0. The fourth-order valence-electron chi connectivity index (χ4n) is 3.84. The number of amides is 2. The fraction of sp³-hybridized carbons (Fsp3) is 0.280. The minimum absolute atomic E-state index is 0.0436.